The van der Waals surface area contributed by atoms with Crippen molar-refractivity contribution in [1.82, 2.24) is 4.90 Å². The van der Waals surface area contributed by atoms with Gasteiger partial charge in [0, 0.05) is 13.8 Å². The number of rotatable bonds is 6. The molecule has 5 heteroatoms. The maximum absolute atomic E-state index is 12.9. The Morgan fingerprint density at radius 1 is 0.962 bits per heavy atom. The molecule has 0 unspecified atom stereocenters. The van der Waals surface area contributed by atoms with Gasteiger partial charge in [-0.1, -0.05) is 36.8 Å². The van der Waals surface area contributed by atoms with Crippen LogP contribution in [-0.2, 0) is 25.5 Å². The van der Waals surface area contributed by atoms with Crippen molar-refractivity contribution in [2.45, 2.75) is 58.2 Å². The number of benzene rings is 1. The summed E-state index contributed by atoms with van der Waals surface area (Å²) in [6, 6.07) is 9.63. The van der Waals surface area contributed by atoms with Gasteiger partial charge in [-0.3, -0.25) is 9.59 Å². The minimum absolute atomic E-state index is 0.321. The van der Waals surface area contributed by atoms with Crippen LogP contribution in [-0.4, -0.2) is 42.3 Å². The lowest BCUT2D eigenvalue weighted by atomic mass is 9.76. The van der Waals surface area contributed by atoms with Gasteiger partial charge in [0.2, 0.25) is 0 Å². The third kappa shape index (κ3) is 4.26. The summed E-state index contributed by atoms with van der Waals surface area (Å²) < 4.78 is 11.0. The van der Waals surface area contributed by atoms with E-state index in [1.807, 2.05) is 30.3 Å². The molecule has 1 aromatic carbocycles. The lowest BCUT2D eigenvalue weighted by Crippen LogP contribution is -2.55. The average Bonchev–Trinajstić information content (AvgIpc) is 2.60. The summed E-state index contributed by atoms with van der Waals surface area (Å²) in [5, 5.41) is 0. The summed E-state index contributed by atoms with van der Waals surface area (Å²) in [6.45, 7) is 6.31. The fourth-order valence-corrected chi connectivity index (χ4v) is 3.91. The molecule has 0 spiro atoms. The highest BCUT2D eigenvalue weighted by molar-refractivity contribution is 6.02. The van der Waals surface area contributed by atoms with Gasteiger partial charge in [-0.25, -0.2) is 0 Å². The van der Waals surface area contributed by atoms with Gasteiger partial charge in [0.05, 0.1) is 0 Å². The van der Waals surface area contributed by atoms with E-state index in [4.69, 9.17) is 9.47 Å². The van der Waals surface area contributed by atoms with Crippen LogP contribution in [0.15, 0.2) is 30.3 Å². The number of nitrogens with zero attached hydrogens (tertiary/aromatic N) is 1. The van der Waals surface area contributed by atoms with E-state index in [0.717, 1.165) is 31.6 Å². The summed E-state index contributed by atoms with van der Waals surface area (Å²) in [6.07, 6.45) is 5.30. The van der Waals surface area contributed by atoms with Crippen molar-refractivity contribution in [3.05, 3.63) is 35.9 Å². The second kappa shape index (κ2) is 7.78. The van der Waals surface area contributed by atoms with E-state index in [2.05, 4.69) is 4.90 Å². The number of piperidine rings is 1. The van der Waals surface area contributed by atoms with Crippen molar-refractivity contribution in [1.29, 1.82) is 0 Å². The van der Waals surface area contributed by atoms with Gasteiger partial charge < -0.3 is 14.4 Å². The van der Waals surface area contributed by atoms with Crippen LogP contribution in [0, 0.1) is 5.41 Å². The van der Waals surface area contributed by atoms with Gasteiger partial charge in [0.25, 0.3) is 5.79 Å². The largest absolute Gasteiger partial charge is 0.422 e. The van der Waals surface area contributed by atoms with E-state index in [-0.39, 0.29) is 0 Å². The number of esters is 2. The molecule has 1 aromatic rings. The standard InChI is InChI=1S/C21H29NO4/c1-20(2)25-18(23)21(19(24)26-20,16-17-10-5-3-6-11-17)12-9-15-22-13-7-4-8-14-22/h3,5-6,10-11H,4,7-9,12-16H2,1-2H3. The first-order valence-corrected chi connectivity index (χ1v) is 9.64. The van der Waals surface area contributed by atoms with Crippen LogP contribution in [0.25, 0.3) is 0 Å². The third-order valence-corrected chi connectivity index (χ3v) is 5.33. The van der Waals surface area contributed by atoms with Crippen molar-refractivity contribution >= 4 is 11.9 Å². The molecule has 2 saturated heterocycles. The summed E-state index contributed by atoms with van der Waals surface area (Å²) in [5.74, 6) is -2.11. The van der Waals surface area contributed by atoms with Crippen LogP contribution in [0.5, 0.6) is 0 Å². The van der Waals surface area contributed by atoms with Crippen molar-refractivity contribution in [3.63, 3.8) is 0 Å². The summed E-state index contributed by atoms with van der Waals surface area (Å²) in [7, 11) is 0. The maximum Gasteiger partial charge on any atom is 0.327 e. The average molecular weight is 359 g/mol. The van der Waals surface area contributed by atoms with Gasteiger partial charge in [-0.15, -0.1) is 0 Å². The minimum atomic E-state index is -1.24. The monoisotopic (exact) mass is 359 g/mol. The molecule has 0 aliphatic carbocycles. The Balaban J connectivity index is 1.75. The number of carbonyl (C=O) groups excluding carboxylic acids is 2. The Hall–Kier alpha value is -1.88. The normalized spacial score (nSPS) is 22.5. The Morgan fingerprint density at radius 3 is 2.19 bits per heavy atom. The number of ether oxygens (including phenoxy) is 2. The molecule has 0 aromatic heterocycles. The smallest absolute Gasteiger partial charge is 0.327 e. The van der Waals surface area contributed by atoms with Crippen molar-refractivity contribution in [2.75, 3.05) is 19.6 Å². The van der Waals surface area contributed by atoms with Crippen molar-refractivity contribution in [3.8, 4) is 0 Å². The van der Waals surface area contributed by atoms with Crippen LogP contribution in [0.1, 0.15) is 51.5 Å². The van der Waals surface area contributed by atoms with Crippen molar-refractivity contribution < 1.29 is 19.1 Å². The Labute approximate surface area is 155 Å². The van der Waals surface area contributed by atoms with Crippen molar-refractivity contribution in [2.24, 2.45) is 5.41 Å². The Morgan fingerprint density at radius 2 is 1.58 bits per heavy atom. The second-order valence-electron chi connectivity index (χ2n) is 7.93. The Kier molecular flexibility index (Phi) is 5.66. The van der Waals surface area contributed by atoms with E-state index < -0.39 is 23.1 Å². The molecule has 0 amide bonds. The molecule has 2 heterocycles. The van der Waals surface area contributed by atoms with E-state index in [9.17, 15) is 9.59 Å². The molecule has 0 N–H and O–H groups in total. The van der Waals surface area contributed by atoms with Crippen LogP contribution < -0.4 is 0 Å². The topological polar surface area (TPSA) is 55.8 Å². The molecule has 2 fully saturated rings. The van der Waals surface area contributed by atoms with E-state index in [1.54, 1.807) is 13.8 Å². The predicted molar refractivity (Wildman–Crippen MR) is 98.4 cm³/mol. The van der Waals surface area contributed by atoms with Gasteiger partial charge in [0.15, 0.2) is 5.41 Å². The first kappa shape index (κ1) is 18.9. The lowest BCUT2D eigenvalue weighted by Gasteiger charge is -2.40. The number of hydrogen-bond donors (Lipinski definition) is 0. The minimum Gasteiger partial charge on any atom is -0.422 e. The van der Waals surface area contributed by atoms with Gasteiger partial charge in [-0.2, -0.15) is 0 Å². The fraction of sp³-hybridized carbons (Fsp3) is 0.619. The summed E-state index contributed by atoms with van der Waals surface area (Å²) >= 11 is 0. The van der Waals surface area contributed by atoms with Gasteiger partial charge in [0.1, 0.15) is 0 Å². The van der Waals surface area contributed by atoms with Crippen LogP contribution >= 0.6 is 0 Å². The van der Waals surface area contributed by atoms with Gasteiger partial charge >= 0.3 is 11.9 Å². The zero-order valence-corrected chi connectivity index (χ0v) is 15.8. The molecule has 0 atom stereocenters. The van der Waals surface area contributed by atoms with E-state index in [1.165, 1.54) is 19.3 Å². The predicted octanol–water partition coefficient (Wildman–Crippen LogP) is 3.32. The number of carbonyl (C=O) groups is 2. The number of likely N-dealkylation sites (tertiary alicyclic amines) is 1. The number of cyclic esters (lactones) is 2. The van der Waals surface area contributed by atoms with E-state index >= 15 is 0 Å². The molecule has 2 aliphatic heterocycles. The lowest BCUT2D eigenvalue weighted by molar-refractivity contribution is -0.251. The molecule has 2 aliphatic rings. The van der Waals surface area contributed by atoms with Crippen LogP contribution in [0.3, 0.4) is 0 Å². The number of hydrogen-bond acceptors (Lipinski definition) is 5. The molecule has 0 radical (unpaired) electrons. The third-order valence-electron chi connectivity index (χ3n) is 5.33. The molecular weight excluding hydrogens is 330 g/mol. The summed E-state index contributed by atoms with van der Waals surface area (Å²) in [4.78, 5) is 28.2. The second-order valence-corrected chi connectivity index (χ2v) is 7.93. The molecule has 26 heavy (non-hydrogen) atoms. The first-order valence-electron chi connectivity index (χ1n) is 9.64. The molecule has 0 bridgehead atoms. The van der Waals surface area contributed by atoms with Crippen LogP contribution in [0.4, 0.5) is 0 Å². The SMILES string of the molecule is CC1(C)OC(=O)C(CCCN2CCCCC2)(Cc2ccccc2)C(=O)O1. The highest BCUT2D eigenvalue weighted by Crippen LogP contribution is 2.39. The molecular formula is C21H29NO4. The molecule has 5 nitrogen and oxygen atoms in total. The fourth-order valence-electron chi connectivity index (χ4n) is 3.91. The molecule has 142 valence electrons. The first-order chi connectivity index (χ1) is 12.4. The van der Waals surface area contributed by atoms with Crippen LogP contribution in [0.2, 0.25) is 0 Å². The molecule has 3 rings (SSSR count). The Bertz CT molecular complexity index is 615. The maximum atomic E-state index is 12.9. The highest BCUT2D eigenvalue weighted by Gasteiger charge is 2.55. The summed E-state index contributed by atoms with van der Waals surface area (Å²) in [5.41, 5.74) is -0.300. The molecule has 0 saturated carbocycles. The van der Waals surface area contributed by atoms with Gasteiger partial charge in [-0.05, 0) is 57.3 Å². The quantitative estimate of drug-likeness (QED) is 0.576. The zero-order chi connectivity index (χ0) is 18.6. The zero-order valence-electron chi connectivity index (χ0n) is 15.8. The highest BCUT2D eigenvalue weighted by atomic mass is 16.7. The van der Waals surface area contributed by atoms with E-state index in [0.29, 0.717) is 12.8 Å².